The lowest BCUT2D eigenvalue weighted by molar-refractivity contribution is 0.169. The molecule has 0 spiro atoms. The number of unbranched alkanes of at least 4 members (excludes halogenated alkanes) is 2. The van der Waals surface area contributed by atoms with Crippen LogP contribution in [0.5, 0.6) is 0 Å². The maximum atomic E-state index is 5.17. The predicted molar refractivity (Wildman–Crippen MR) is 114 cm³/mol. The van der Waals surface area contributed by atoms with Gasteiger partial charge >= 0.3 is 0 Å². The normalized spacial score (nSPS) is 19.9. The molecule has 28 heavy (non-hydrogen) atoms. The Morgan fingerprint density at radius 3 is 2.50 bits per heavy atom. The van der Waals surface area contributed by atoms with Gasteiger partial charge in [0.25, 0.3) is 0 Å². The highest BCUT2D eigenvalue weighted by atomic mass is 16.5. The number of aryl methyl sites for hydroxylation is 1. The number of hydrogen-bond acceptors (Lipinski definition) is 5. The van der Waals surface area contributed by atoms with Gasteiger partial charge in [0.15, 0.2) is 5.96 Å². The van der Waals surface area contributed by atoms with Crippen LogP contribution < -0.4 is 5.32 Å². The molecule has 0 saturated carbocycles. The topological polar surface area (TPSA) is 60.1 Å². The Morgan fingerprint density at radius 1 is 1.04 bits per heavy atom. The van der Waals surface area contributed by atoms with Crippen LogP contribution >= 0.6 is 0 Å². The van der Waals surface area contributed by atoms with Gasteiger partial charge in [0, 0.05) is 52.4 Å². The van der Waals surface area contributed by atoms with Crippen molar-refractivity contribution < 1.29 is 4.52 Å². The van der Waals surface area contributed by atoms with E-state index in [1.165, 1.54) is 58.2 Å². The van der Waals surface area contributed by atoms with Gasteiger partial charge in [-0.1, -0.05) is 18.0 Å². The van der Waals surface area contributed by atoms with Gasteiger partial charge in [0.05, 0.1) is 5.69 Å². The average Bonchev–Trinajstić information content (AvgIpc) is 3.14. The van der Waals surface area contributed by atoms with Crippen LogP contribution in [0.4, 0.5) is 0 Å². The van der Waals surface area contributed by atoms with Crippen LogP contribution in [-0.2, 0) is 6.54 Å². The first kappa shape index (κ1) is 21.1. The van der Waals surface area contributed by atoms with Crippen LogP contribution in [0.15, 0.2) is 15.6 Å². The molecule has 3 heterocycles. The van der Waals surface area contributed by atoms with E-state index in [-0.39, 0.29) is 0 Å². The molecule has 2 aliphatic rings. The summed E-state index contributed by atoms with van der Waals surface area (Å²) in [6.45, 7) is 11.8. The standard InChI is InChI=1S/C21H38N6O/c1-19-17-20(24-28-19)18-26-13-15-27(16-14-26)21(22-2)23-9-5-3-6-10-25-11-7-4-8-12-25/h17H,3-16,18H2,1-2H3,(H,22,23). The van der Waals surface area contributed by atoms with Gasteiger partial charge in [0.1, 0.15) is 5.76 Å². The van der Waals surface area contributed by atoms with Gasteiger partial charge in [0.2, 0.25) is 0 Å². The zero-order valence-electron chi connectivity index (χ0n) is 17.8. The second-order valence-electron chi connectivity index (χ2n) is 8.13. The van der Waals surface area contributed by atoms with E-state index in [0.29, 0.717) is 0 Å². The van der Waals surface area contributed by atoms with E-state index in [2.05, 4.69) is 30.2 Å². The number of hydrogen-bond donors (Lipinski definition) is 1. The molecule has 0 aliphatic carbocycles. The number of nitrogens with one attached hydrogen (secondary N) is 1. The number of guanidine groups is 1. The van der Waals surface area contributed by atoms with Gasteiger partial charge in [-0.25, -0.2) is 0 Å². The van der Waals surface area contributed by atoms with Crippen molar-refractivity contribution in [1.29, 1.82) is 0 Å². The summed E-state index contributed by atoms with van der Waals surface area (Å²) >= 11 is 0. The molecule has 2 saturated heterocycles. The molecular formula is C21H38N6O. The smallest absolute Gasteiger partial charge is 0.193 e. The minimum absolute atomic E-state index is 0.869. The molecule has 0 aromatic carbocycles. The quantitative estimate of drug-likeness (QED) is 0.418. The summed E-state index contributed by atoms with van der Waals surface area (Å²) in [5.74, 6) is 1.93. The van der Waals surface area contributed by atoms with Crippen LogP contribution in [0, 0.1) is 6.92 Å². The molecule has 0 unspecified atom stereocenters. The summed E-state index contributed by atoms with van der Waals surface area (Å²) in [6, 6.07) is 2.03. The lowest BCUT2D eigenvalue weighted by atomic mass is 10.1. The van der Waals surface area contributed by atoms with Crippen molar-refractivity contribution in [3.63, 3.8) is 0 Å². The molecule has 0 atom stereocenters. The summed E-state index contributed by atoms with van der Waals surface area (Å²) in [5.41, 5.74) is 1.03. The molecule has 1 N–H and O–H groups in total. The van der Waals surface area contributed by atoms with Crippen LogP contribution in [-0.4, -0.2) is 85.2 Å². The van der Waals surface area contributed by atoms with E-state index in [1.54, 1.807) is 0 Å². The van der Waals surface area contributed by atoms with Gasteiger partial charge < -0.3 is 19.6 Å². The highest BCUT2D eigenvalue weighted by molar-refractivity contribution is 5.79. The Kier molecular flexibility index (Phi) is 8.61. The molecule has 1 aromatic rings. The van der Waals surface area contributed by atoms with Gasteiger partial charge in [-0.15, -0.1) is 0 Å². The molecule has 0 amide bonds. The summed E-state index contributed by atoms with van der Waals surface area (Å²) < 4.78 is 5.17. The molecule has 2 fully saturated rings. The van der Waals surface area contributed by atoms with E-state index >= 15 is 0 Å². The van der Waals surface area contributed by atoms with Crippen molar-refractivity contribution in [2.24, 2.45) is 4.99 Å². The monoisotopic (exact) mass is 390 g/mol. The molecule has 1 aromatic heterocycles. The van der Waals surface area contributed by atoms with E-state index in [1.807, 2.05) is 20.0 Å². The first-order valence-electron chi connectivity index (χ1n) is 11.1. The largest absolute Gasteiger partial charge is 0.361 e. The van der Waals surface area contributed by atoms with Crippen LogP contribution in [0.1, 0.15) is 50.0 Å². The summed E-state index contributed by atoms with van der Waals surface area (Å²) in [5, 5.41) is 7.67. The third-order valence-corrected chi connectivity index (χ3v) is 5.83. The van der Waals surface area contributed by atoms with Gasteiger partial charge in [-0.3, -0.25) is 9.89 Å². The molecule has 0 bridgehead atoms. The lowest BCUT2D eigenvalue weighted by Gasteiger charge is -2.36. The number of aliphatic imine (C=N–C) groups is 1. The zero-order valence-corrected chi connectivity index (χ0v) is 17.8. The summed E-state index contributed by atoms with van der Waals surface area (Å²) in [7, 11) is 1.89. The molecule has 7 nitrogen and oxygen atoms in total. The summed E-state index contributed by atoms with van der Waals surface area (Å²) in [4.78, 5) is 11.9. The second-order valence-corrected chi connectivity index (χ2v) is 8.13. The number of aromatic nitrogens is 1. The number of piperidine rings is 1. The number of likely N-dealkylation sites (tertiary alicyclic amines) is 1. The molecule has 3 rings (SSSR count). The fourth-order valence-corrected chi connectivity index (χ4v) is 4.19. The van der Waals surface area contributed by atoms with Crippen LogP contribution in [0.3, 0.4) is 0 Å². The highest BCUT2D eigenvalue weighted by Gasteiger charge is 2.20. The maximum absolute atomic E-state index is 5.17. The molecule has 7 heteroatoms. The van der Waals surface area contributed by atoms with Crippen LogP contribution in [0.25, 0.3) is 0 Å². The minimum Gasteiger partial charge on any atom is -0.361 e. The van der Waals surface area contributed by atoms with Crippen molar-refractivity contribution >= 4 is 5.96 Å². The van der Waals surface area contributed by atoms with Crippen LogP contribution in [0.2, 0.25) is 0 Å². The summed E-state index contributed by atoms with van der Waals surface area (Å²) in [6.07, 6.45) is 8.05. The fourth-order valence-electron chi connectivity index (χ4n) is 4.19. The Bertz CT molecular complexity index is 587. The maximum Gasteiger partial charge on any atom is 0.193 e. The SMILES string of the molecule is CN=C(NCCCCCN1CCCCC1)N1CCN(Cc2cc(C)on2)CC1. The van der Waals surface area contributed by atoms with Crippen molar-refractivity contribution in [1.82, 2.24) is 25.2 Å². The van der Waals surface area contributed by atoms with E-state index in [0.717, 1.165) is 56.7 Å². The van der Waals surface area contributed by atoms with E-state index in [9.17, 15) is 0 Å². The minimum atomic E-state index is 0.869. The van der Waals surface area contributed by atoms with E-state index in [4.69, 9.17) is 4.52 Å². The van der Waals surface area contributed by atoms with Gasteiger partial charge in [-0.05, 0) is 52.2 Å². The number of rotatable bonds is 8. The van der Waals surface area contributed by atoms with Crippen molar-refractivity contribution in [2.75, 3.05) is 59.4 Å². The second kappa shape index (κ2) is 11.4. The third kappa shape index (κ3) is 6.78. The predicted octanol–water partition coefficient (Wildman–Crippen LogP) is 2.33. The van der Waals surface area contributed by atoms with Gasteiger partial charge in [-0.2, -0.15) is 0 Å². The Labute approximate surface area is 170 Å². The zero-order chi connectivity index (χ0) is 19.6. The Morgan fingerprint density at radius 2 is 1.82 bits per heavy atom. The highest BCUT2D eigenvalue weighted by Crippen LogP contribution is 2.11. The lowest BCUT2D eigenvalue weighted by Crippen LogP contribution is -2.52. The fraction of sp³-hybridized carbons (Fsp3) is 0.810. The first-order chi connectivity index (χ1) is 13.7. The average molecular weight is 391 g/mol. The molecular weight excluding hydrogens is 352 g/mol. The molecule has 158 valence electrons. The first-order valence-corrected chi connectivity index (χ1v) is 11.1. The van der Waals surface area contributed by atoms with Crippen molar-refractivity contribution in [2.45, 2.75) is 52.0 Å². The number of nitrogens with zero attached hydrogens (tertiary/aromatic N) is 5. The van der Waals surface area contributed by atoms with Crippen molar-refractivity contribution in [3.8, 4) is 0 Å². The Hall–Kier alpha value is -1.60. The van der Waals surface area contributed by atoms with Crippen molar-refractivity contribution in [3.05, 3.63) is 17.5 Å². The third-order valence-electron chi connectivity index (χ3n) is 5.83. The Balaban J connectivity index is 1.27. The molecule has 0 radical (unpaired) electrons. The number of piperazine rings is 1. The van der Waals surface area contributed by atoms with E-state index < -0.39 is 0 Å². The molecule has 2 aliphatic heterocycles.